The van der Waals surface area contributed by atoms with Crippen LogP contribution in [0, 0.1) is 5.41 Å². The molecule has 1 N–H and O–H groups in total. The van der Waals surface area contributed by atoms with E-state index >= 15 is 0 Å². The van der Waals surface area contributed by atoms with Gasteiger partial charge < -0.3 is 5.32 Å². The molecule has 0 aromatic carbocycles. The summed E-state index contributed by atoms with van der Waals surface area (Å²) < 4.78 is 0. The summed E-state index contributed by atoms with van der Waals surface area (Å²) in [5, 5.41) is 2.96. The van der Waals surface area contributed by atoms with Gasteiger partial charge in [-0.15, -0.1) is 0 Å². The fourth-order valence-electron chi connectivity index (χ4n) is 0.953. The highest BCUT2D eigenvalue weighted by Gasteiger charge is 2.37. The third kappa shape index (κ3) is 2.33. The summed E-state index contributed by atoms with van der Waals surface area (Å²) in [5.41, 5.74) is -0.139. The quantitative estimate of drug-likeness (QED) is 0.698. The van der Waals surface area contributed by atoms with Crippen LogP contribution in [-0.2, 0) is 4.79 Å². The zero-order valence-electron chi connectivity index (χ0n) is 7.72. The van der Waals surface area contributed by atoms with Crippen molar-refractivity contribution >= 4 is 27.5 Å². The highest BCUT2D eigenvalue weighted by atomic mass is 33.1. The van der Waals surface area contributed by atoms with Crippen molar-refractivity contribution in [2.75, 3.05) is 11.5 Å². The van der Waals surface area contributed by atoms with Crippen LogP contribution in [0.25, 0.3) is 0 Å². The minimum atomic E-state index is -0.139. The maximum atomic E-state index is 11.6. The SMILES string of the molecule is CC(C)NC(=O)C1(C)CSSC1. The van der Waals surface area contributed by atoms with E-state index in [2.05, 4.69) is 5.32 Å². The fraction of sp³-hybridized carbons (Fsp3) is 0.875. The van der Waals surface area contributed by atoms with Crippen molar-refractivity contribution in [2.24, 2.45) is 5.41 Å². The minimum absolute atomic E-state index is 0.139. The molecule has 0 aromatic heterocycles. The van der Waals surface area contributed by atoms with Gasteiger partial charge in [0.15, 0.2) is 0 Å². The van der Waals surface area contributed by atoms with Gasteiger partial charge in [0.05, 0.1) is 5.41 Å². The molecular weight excluding hydrogens is 190 g/mol. The van der Waals surface area contributed by atoms with Crippen molar-refractivity contribution in [1.82, 2.24) is 5.32 Å². The fourth-order valence-corrected chi connectivity index (χ4v) is 4.30. The predicted octanol–water partition coefficient (Wildman–Crippen LogP) is 1.91. The Morgan fingerprint density at radius 2 is 1.92 bits per heavy atom. The molecule has 1 rings (SSSR count). The Kier molecular flexibility index (Phi) is 3.35. The van der Waals surface area contributed by atoms with E-state index in [1.807, 2.05) is 20.8 Å². The Hall–Kier alpha value is 0.170. The standard InChI is InChI=1S/C8H15NOS2/c1-6(2)9-7(10)8(3)4-11-12-5-8/h6H,4-5H2,1-3H3,(H,9,10). The second-order valence-corrected chi connectivity index (χ2v) is 6.18. The Labute approximate surface area is 81.6 Å². The zero-order valence-corrected chi connectivity index (χ0v) is 9.35. The van der Waals surface area contributed by atoms with E-state index < -0.39 is 0 Å². The first-order valence-corrected chi connectivity index (χ1v) is 6.59. The lowest BCUT2D eigenvalue weighted by molar-refractivity contribution is -0.128. The molecule has 1 fully saturated rings. The van der Waals surface area contributed by atoms with E-state index in [0.717, 1.165) is 11.5 Å². The van der Waals surface area contributed by atoms with Crippen LogP contribution >= 0.6 is 21.6 Å². The van der Waals surface area contributed by atoms with E-state index in [-0.39, 0.29) is 17.4 Å². The van der Waals surface area contributed by atoms with Gasteiger partial charge in [-0.25, -0.2) is 0 Å². The molecular formula is C8H15NOS2. The van der Waals surface area contributed by atoms with Crippen molar-refractivity contribution in [1.29, 1.82) is 0 Å². The monoisotopic (exact) mass is 205 g/mol. The number of carbonyl (C=O) groups is 1. The lowest BCUT2D eigenvalue weighted by Gasteiger charge is -2.22. The maximum Gasteiger partial charge on any atom is 0.227 e. The van der Waals surface area contributed by atoms with Crippen molar-refractivity contribution in [2.45, 2.75) is 26.8 Å². The van der Waals surface area contributed by atoms with Gasteiger partial charge in [-0.1, -0.05) is 21.6 Å². The van der Waals surface area contributed by atoms with Gasteiger partial charge in [0.1, 0.15) is 0 Å². The lowest BCUT2D eigenvalue weighted by Crippen LogP contribution is -2.43. The highest BCUT2D eigenvalue weighted by molar-refractivity contribution is 8.77. The maximum absolute atomic E-state index is 11.6. The van der Waals surface area contributed by atoms with E-state index in [9.17, 15) is 4.79 Å². The van der Waals surface area contributed by atoms with Crippen LogP contribution in [0.3, 0.4) is 0 Å². The Bertz CT molecular complexity index is 176. The summed E-state index contributed by atoms with van der Waals surface area (Å²) in [6, 6.07) is 0.255. The van der Waals surface area contributed by atoms with Crippen LogP contribution in [0.15, 0.2) is 0 Å². The van der Waals surface area contributed by atoms with E-state index in [1.54, 1.807) is 21.6 Å². The molecule has 4 heteroatoms. The first kappa shape index (κ1) is 10.3. The number of carbonyl (C=O) groups excluding carboxylic acids is 1. The van der Waals surface area contributed by atoms with Gasteiger partial charge in [0.25, 0.3) is 0 Å². The Balaban J connectivity index is 2.50. The third-order valence-electron chi connectivity index (χ3n) is 1.81. The van der Waals surface area contributed by atoms with Crippen molar-refractivity contribution in [3.05, 3.63) is 0 Å². The first-order valence-electron chi connectivity index (χ1n) is 4.10. The number of hydrogen-bond donors (Lipinski definition) is 1. The largest absolute Gasteiger partial charge is 0.353 e. The van der Waals surface area contributed by atoms with Gasteiger partial charge in [0.2, 0.25) is 5.91 Å². The van der Waals surface area contributed by atoms with Crippen LogP contribution in [0.4, 0.5) is 0 Å². The Morgan fingerprint density at radius 3 is 2.33 bits per heavy atom. The third-order valence-corrected chi connectivity index (χ3v) is 4.69. The summed E-state index contributed by atoms with van der Waals surface area (Å²) in [6.07, 6.45) is 0. The van der Waals surface area contributed by atoms with Crippen LogP contribution in [0.2, 0.25) is 0 Å². The number of amides is 1. The van der Waals surface area contributed by atoms with Gasteiger partial charge in [-0.3, -0.25) is 4.79 Å². The van der Waals surface area contributed by atoms with Crippen LogP contribution in [-0.4, -0.2) is 23.5 Å². The van der Waals surface area contributed by atoms with Gasteiger partial charge >= 0.3 is 0 Å². The Morgan fingerprint density at radius 1 is 1.42 bits per heavy atom. The highest BCUT2D eigenvalue weighted by Crippen LogP contribution is 2.42. The summed E-state index contributed by atoms with van der Waals surface area (Å²) in [5.74, 6) is 2.09. The lowest BCUT2D eigenvalue weighted by atomic mass is 9.94. The van der Waals surface area contributed by atoms with Crippen molar-refractivity contribution in [3.8, 4) is 0 Å². The molecule has 1 aliphatic rings. The molecule has 1 heterocycles. The summed E-state index contributed by atoms with van der Waals surface area (Å²) in [7, 11) is 3.58. The smallest absolute Gasteiger partial charge is 0.227 e. The average molecular weight is 205 g/mol. The first-order chi connectivity index (χ1) is 5.54. The number of nitrogens with one attached hydrogen (secondary N) is 1. The molecule has 0 spiro atoms. The summed E-state index contributed by atoms with van der Waals surface area (Å²) in [4.78, 5) is 11.6. The van der Waals surface area contributed by atoms with E-state index in [1.165, 1.54) is 0 Å². The zero-order chi connectivity index (χ0) is 9.19. The average Bonchev–Trinajstić information content (AvgIpc) is 2.36. The molecule has 1 amide bonds. The van der Waals surface area contributed by atoms with Crippen LogP contribution in [0.1, 0.15) is 20.8 Å². The second kappa shape index (κ2) is 3.92. The molecule has 0 bridgehead atoms. The molecule has 1 saturated heterocycles. The van der Waals surface area contributed by atoms with Gasteiger partial charge in [0, 0.05) is 17.5 Å². The molecule has 0 saturated carbocycles. The van der Waals surface area contributed by atoms with E-state index in [4.69, 9.17) is 0 Å². The topological polar surface area (TPSA) is 29.1 Å². The van der Waals surface area contributed by atoms with Crippen molar-refractivity contribution < 1.29 is 4.79 Å². The normalized spacial score (nSPS) is 21.3. The number of rotatable bonds is 2. The molecule has 0 atom stereocenters. The molecule has 0 unspecified atom stereocenters. The molecule has 1 aliphatic heterocycles. The molecule has 0 aromatic rings. The van der Waals surface area contributed by atoms with Crippen LogP contribution in [0.5, 0.6) is 0 Å². The molecule has 0 radical (unpaired) electrons. The van der Waals surface area contributed by atoms with Gasteiger partial charge in [-0.05, 0) is 20.8 Å². The predicted molar refractivity (Wildman–Crippen MR) is 56.3 cm³/mol. The molecule has 2 nitrogen and oxygen atoms in total. The summed E-state index contributed by atoms with van der Waals surface area (Å²) >= 11 is 0. The molecule has 70 valence electrons. The summed E-state index contributed by atoms with van der Waals surface area (Å²) in [6.45, 7) is 6.03. The molecule has 0 aliphatic carbocycles. The second-order valence-electron chi connectivity index (χ2n) is 3.71. The molecule has 12 heavy (non-hydrogen) atoms. The minimum Gasteiger partial charge on any atom is -0.353 e. The van der Waals surface area contributed by atoms with Crippen molar-refractivity contribution in [3.63, 3.8) is 0 Å². The number of hydrogen-bond acceptors (Lipinski definition) is 3. The van der Waals surface area contributed by atoms with Gasteiger partial charge in [-0.2, -0.15) is 0 Å². The van der Waals surface area contributed by atoms with Crippen LogP contribution < -0.4 is 5.32 Å². The van der Waals surface area contributed by atoms with E-state index in [0.29, 0.717) is 0 Å².